The molecule has 0 unspecified atom stereocenters. The molecular formula is C21H21N3. The maximum Gasteiger partial charge on any atom is 0.155 e. The SMILES string of the molecule is CC(C)(C)c1ccc(C#Cc2cn(Cc3ccccc3)nn2)cc1. The Balaban J connectivity index is 1.70. The molecule has 0 bridgehead atoms. The van der Waals surface area contributed by atoms with Gasteiger partial charge in [-0.15, -0.1) is 5.10 Å². The molecule has 120 valence electrons. The summed E-state index contributed by atoms with van der Waals surface area (Å²) in [5, 5.41) is 8.26. The Morgan fingerprint density at radius 2 is 1.62 bits per heavy atom. The zero-order chi connectivity index (χ0) is 17.0. The van der Waals surface area contributed by atoms with Gasteiger partial charge in [-0.05, 0) is 34.6 Å². The fourth-order valence-electron chi connectivity index (χ4n) is 2.39. The van der Waals surface area contributed by atoms with E-state index in [1.165, 1.54) is 11.1 Å². The molecule has 0 aliphatic rings. The molecule has 0 saturated heterocycles. The van der Waals surface area contributed by atoms with Crippen LogP contribution in [0.25, 0.3) is 0 Å². The highest BCUT2D eigenvalue weighted by Gasteiger charge is 2.12. The number of nitrogens with zero attached hydrogens (tertiary/aromatic N) is 3. The van der Waals surface area contributed by atoms with Crippen LogP contribution in [-0.4, -0.2) is 15.0 Å². The molecule has 2 aromatic carbocycles. The van der Waals surface area contributed by atoms with Gasteiger partial charge in [0, 0.05) is 5.56 Å². The average molecular weight is 315 g/mol. The third kappa shape index (κ3) is 4.11. The van der Waals surface area contributed by atoms with Gasteiger partial charge in [0.15, 0.2) is 5.69 Å². The summed E-state index contributed by atoms with van der Waals surface area (Å²) in [6.45, 7) is 7.33. The van der Waals surface area contributed by atoms with Crippen LogP contribution in [0, 0.1) is 11.8 Å². The van der Waals surface area contributed by atoms with Gasteiger partial charge in [0.2, 0.25) is 0 Å². The van der Waals surface area contributed by atoms with E-state index in [-0.39, 0.29) is 5.41 Å². The fourth-order valence-corrected chi connectivity index (χ4v) is 2.39. The highest BCUT2D eigenvalue weighted by molar-refractivity contribution is 5.41. The maximum atomic E-state index is 4.13. The number of aromatic nitrogens is 3. The van der Waals surface area contributed by atoms with Crippen LogP contribution in [0.15, 0.2) is 60.8 Å². The van der Waals surface area contributed by atoms with E-state index in [0.29, 0.717) is 12.2 Å². The molecule has 0 aliphatic carbocycles. The third-order valence-corrected chi connectivity index (χ3v) is 3.81. The number of rotatable bonds is 2. The molecule has 1 aromatic heterocycles. The van der Waals surface area contributed by atoms with Crippen molar-refractivity contribution in [1.82, 2.24) is 15.0 Å². The standard InChI is InChI=1S/C21H21N3/c1-21(2,3)19-12-9-17(10-13-19)11-14-20-16-24(23-22-20)15-18-7-5-4-6-8-18/h4-10,12-13,16H,15H2,1-3H3. The van der Waals surface area contributed by atoms with E-state index in [0.717, 1.165) is 5.56 Å². The van der Waals surface area contributed by atoms with Gasteiger partial charge in [0.05, 0.1) is 12.7 Å². The highest BCUT2D eigenvalue weighted by atomic mass is 15.4. The third-order valence-electron chi connectivity index (χ3n) is 3.81. The minimum Gasteiger partial charge on any atom is -0.247 e. The van der Waals surface area contributed by atoms with Crippen molar-refractivity contribution < 1.29 is 0 Å². The molecule has 24 heavy (non-hydrogen) atoms. The predicted octanol–water partition coefficient (Wildman–Crippen LogP) is 4.02. The molecule has 0 atom stereocenters. The fraction of sp³-hybridized carbons (Fsp3) is 0.238. The molecule has 0 fully saturated rings. The van der Waals surface area contributed by atoms with Crippen LogP contribution in [0.2, 0.25) is 0 Å². The highest BCUT2D eigenvalue weighted by Crippen LogP contribution is 2.21. The van der Waals surface area contributed by atoms with Crippen molar-refractivity contribution in [3.05, 3.63) is 83.2 Å². The Morgan fingerprint density at radius 1 is 0.917 bits per heavy atom. The minimum atomic E-state index is 0.159. The van der Waals surface area contributed by atoms with E-state index in [4.69, 9.17) is 0 Å². The molecule has 0 N–H and O–H groups in total. The molecule has 0 radical (unpaired) electrons. The maximum absolute atomic E-state index is 4.13. The quantitative estimate of drug-likeness (QED) is 0.669. The summed E-state index contributed by atoms with van der Waals surface area (Å²) in [6.07, 6.45) is 1.88. The normalized spacial score (nSPS) is 11.0. The largest absolute Gasteiger partial charge is 0.247 e. The van der Waals surface area contributed by atoms with Crippen LogP contribution in [0.1, 0.15) is 43.2 Å². The predicted molar refractivity (Wildman–Crippen MR) is 96.7 cm³/mol. The lowest BCUT2D eigenvalue weighted by Gasteiger charge is -2.18. The number of hydrogen-bond acceptors (Lipinski definition) is 2. The summed E-state index contributed by atoms with van der Waals surface area (Å²) < 4.78 is 1.81. The summed E-state index contributed by atoms with van der Waals surface area (Å²) in [5.41, 5.74) is 4.33. The first-order valence-electron chi connectivity index (χ1n) is 8.07. The van der Waals surface area contributed by atoms with E-state index in [1.54, 1.807) is 0 Å². The number of benzene rings is 2. The van der Waals surface area contributed by atoms with Gasteiger partial charge in [-0.2, -0.15) is 0 Å². The van der Waals surface area contributed by atoms with Gasteiger partial charge in [0.1, 0.15) is 0 Å². The van der Waals surface area contributed by atoms with E-state index in [2.05, 4.69) is 79.3 Å². The number of hydrogen-bond donors (Lipinski definition) is 0. The Bertz CT molecular complexity index is 857. The Labute approximate surface area is 143 Å². The lowest BCUT2D eigenvalue weighted by molar-refractivity contribution is 0.590. The van der Waals surface area contributed by atoms with Crippen molar-refractivity contribution in [1.29, 1.82) is 0 Å². The second-order valence-corrected chi connectivity index (χ2v) is 6.86. The molecule has 0 aliphatic heterocycles. The molecule has 0 spiro atoms. The zero-order valence-electron chi connectivity index (χ0n) is 14.3. The minimum absolute atomic E-state index is 0.159. The topological polar surface area (TPSA) is 30.7 Å². The van der Waals surface area contributed by atoms with Crippen molar-refractivity contribution in [3.8, 4) is 11.8 Å². The lowest BCUT2D eigenvalue weighted by Crippen LogP contribution is -2.10. The summed E-state index contributed by atoms with van der Waals surface area (Å²) in [4.78, 5) is 0. The van der Waals surface area contributed by atoms with Crippen LogP contribution in [0.4, 0.5) is 0 Å². The molecule has 0 amide bonds. The van der Waals surface area contributed by atoms with Crippen LogP contribution in [0.3, 0.4) is 0 Å². The van der Waals surface area contributed by atoms with Crippen LogP contribution < -0.4 is 0 Å². The molecule has 3 heteroatoms. The first kappa shape index (κ1) is 16.0. The Morgan fingerprint density at radius 3 is 2.29 bits per heavy atom. The first-order chi connectivity index (χ1) is 11.5. The van der Waals surface area contributed by atoms with Crippen molar-refractivity contribution >= 4 is 0 Å². The smallest absolute Gasteiger partial charge is 0.155 e. The van der Waals surface area contributed by atoms with Gasteiger partial charge in [0.25, 0.3) is 0 Å². The molecule has 1 heterocycles. The van der Waals surface area contributed by atoms with E-state index >= 15 is 0 Å². The molecule has 3 aromatic rings. The van der Waals surface area contributed by atoms with Crippen LogP contribution in [0.5, 0.6) is 0 Å². The monoisotopic (exact) mass is 315 g/mol. The molecular weight excluding hydrogens is 294 g/mol. The van der Waals surface area contributed by atoms with Gasteiger partial charge in [-0.1, -0.05) is 74.4 Å². The van der Waals surface area contributed by atoms with Gasteiger partial charge in [-0.3, -0.25) is 0 Å². The van der Waals surface area contributed by atoms with Crippen LogP contribution in [-0.2, 0) is 12.0 Å². The van der Waals surface area contributed by atoms with Crippen molar-refractivity contribution in [2.45, 2.75) is 32.7 Å². The average Bonchev–Trinajstić information content (AvgIpc) is 3.01. The molecule has 0 saturated carbocycles. The van der Waals surface area contributed by atoms with Crippen LogP contribution >= 0.6 is 0 Å². The summed E-state index contributed by atoms with van der Waals surface area (Å²) in [5.74, 6) is 6.23. The molecule has 3 nitrogen and oxygen atoms in total. The Kier molecular flexibility index (Phi) is 4.48. The van der Waals surface area contributed by atoms with Gasteiger partial charge >= 0.3 is 0 Å². The summed E-state index contributed by atoms with van der Waals surface area (Å²) in [7, 11) is 0. The van der Waals surface area contributed by atoms with E-state index in [9.17, 15) is 0 Å². The van der Waals surface area contributed by atoms with Crippen molar-refractivity contribution in [3.63, 3.8) is 0 Å². The second kappa shape index (κ2) is 6.72. The van der Waals surface area contributed by atoms with Crippen molar-refractivity contribution in [2.24, 2.45) is 0 Å². The van der Waals surface area contributed by atoms with Crippen molar-refractivity contribution in [2.75, 3.05) is 0 Å². The first-order valence-corrected chi connectivity index (χ1v) is 8.07. The second-order valence-electron chi connectivity index (χ2n) is 6.86. The summed E-state index contributed by atoms with van der Waals surface area (Å²) >= 11 is 0. The summed E-state index contributed by atoms with van der Waals surface area (Å²) in [6, 6.07) is 18.6. The van der Waals surface area contributed by atoms with E-state index in [1.807, 2.05) is 29.1 Å². The van der Waals surface area contributed by atoms with Gasteiger partial charge in [-0.25, -0.2) is 4.68 Å². The Hall–Kier alpha value is -2.86. The lowest BCUT2D eigenvalue weighted by atomic mass is 9.87. The molecule has 3 rings (SSSR count). The zero-order valence-corrected chi connectivity index (χ0v) is 14.3. The van der Waals surface area contributed by atoms with Gasteiger partial charge < -0.3 is 0 Å². The van der Waals surface area contributed by atoms with E-state index < -0.39 is 0 Å².